The first-order valence-corrected chi connectivity index (χ1v) is 6.17. The van der Waals surface area contributed by atoms with Gasteiger partial charge in [0.15, 0.2) is 0 Å². The van der Waals surface area contributed by atoms with Crippen molar-refractivity contribution in [2.45, 2.75) is 13.0 Å². The van der Waals surface area contributed by atoms with Crippen LogP contribution in [0, 0.1) is 15.9 Å². The zero-order valence-electron chi connectivity index (χ0n) is 11.6. The summed E-state index contributed by atoms with van der Waals surface area (Å²) >= 11 is 0. The molecule has 0 fully saturated rings. The summed E-state index contributed by atoms with van der Waals surface area (Å²) in [5.41, 5.74) is -0.0965. The number of nitrogens with zero attached hydrogens (tertiary/aromatic N) is 3. The van der Waals surface area contributed by atoms with E-state index >= 15 is 0 Å². The molecule has 5 nitrogen and oxygen atoms in total. The number of nitro benzene ring substituents is 1. The molecule has 0 N–H and O–H groups in total. The Kier molecular flexibility index (Phi) is 5.85. The fourth-order valence-corrected chi connectivity index (χ4v) is 1.86. The van der Waals surface area contributed by atoms with Crippen LogP contribution in [0.2, 0.25) is 0 Å². The largest absolute Gasteiger partial charge is 0.309 e. The molecular weight excluding hydrogens is 249 g/mol. The Balaban J connectivity index is 2.61. The SMILES string of the molecule is CN(C)CCCN(C)Cc1cccc([N+](=O)[O-])c1F. The first-order valence-electron chi connectivity index (χ1n) is 6.17. The third-order valence-electron chi connectivity index (χ3n) is 2.84. The van der Waals surface area contributed by atoms with Crippen LogP contribution in [0.4, 0.5) is 10.1 Å². The van der Waals surface area contributed by atoms with Crippen molar-refractivity contribution in [1.82, 2.24) is 9.80 Å². The van der Waals surface area contributed by atoms with E-state index in [0.29, 0.717) is 12.1 Å². The molecule has 0 aliphatic heterocycles. The number of hydrogen-bond donors (Lipinski definition) is 0. The van der Waals surface area contributed by atoms with E-state index < -0.39 is 16.4 Å². The van der Waals surface area contributed by atoms with Gasteiger partial charge in [0, 0.05) is 18.2 Å². The first kappa shape index (κ1) is 15.5. The average molecular weight is 269 g/mol. The fraction of sp³-hybridized carbons (Fsp3) is 0.538. The molecule has 0 saturated heterocycles. The van der Waals surface area contributed by atoms with Crippen LogP contribution in [-0.2, 0) is 6.54 Å². The molecule has 19 heavy (non-hydrogen) atoms. The number of halogens is 1. The molecule has 1 rings (SSSR count). The number of rotatable bonds is 7. The van der Waals surface area contributed by atoms with E-state index in [1.54, 1.807) is 6.07 Å². The van der Waals surface area contributed by atoms with Crippen LogP contribution in [0.1, 0.15) is 12.0 Å². The smallest absolute Gasteiger partial charge is 0.305 e. The highest BCUT2D eigenvalue weighted by Crippen LogP contribution is 2.21. The number of nitro groups is 1. The predicted octanol–water partition coefficient (Wildman–Crippen LogP) is 2.12. The molecule has 1 aromatic rings. The molecule has 0 unspecified atom stereocenters. The molecule has 6 heteroatoms. The Labute approximate surface area is 112 Å². The van der Waals surface area contributed by atoms with Gasteiger partial charge in [0.25, 0.3) is 0 Å². The van der Waals surface area contributed by atoms with E-state index in [1.807, 2.05) is 26.0 Å². The molecule has 0 aliphatic carbocycles. The van der Waals surface area contributed by atoms with Crippen LogP contribution >= 0.6 is 0 Å². The van der Waals surface area contributed by atoms with E-state index in [1.165, 1.54) is 12.1 Å². The highest BCUT2D eigenvalue weighted by Gasteiger charge is 2.17. The van der Waals surface area contributed by atoms with E-state index in [4.69, 9.17) is 0 Å². The highest BCUT2D eigenvalue weighted by atomic mass is 19.1. The third kappa shape index (κ3) is 4.92. The minimum atomic E-state index is -0.730. The predicted molar refractivity (Wildman–Crippen MR) is 72.6 cm³/mol. The van der Waals surface area contributed by atoms with Gasteiger partial charge in [-0.1, -0.05) is 12.1 Å². The second-order valence-electron chi connectivity index (χ2n) is 4.90. The van der Waals surface area contributed by atoms with Crippen LogP contribution in [0.3, 0.4) is 0 Å². The van der Waals surface area contributed by atoms with Crippen molar-refractivity contribution in [2.24, 2.45) is 0 Å². The first-order chi connectivity index (χ1) is 8.91. The van der Waals surface area contributed by atoms with Gasteiger partial charge in [-0.25, -0.2) is 0 Å². The van der Waals surface area contributed by atoms with Crippen LogP contribution < -0.4 is 0 Å². The normalized spacial score (nSPS) is 11.3. The summed E-state index contributed by atoms with van der Waals surface area (Å²) in [6, 6.07) is 4.29. The van der Waals surface area contributed by atoms with Gasteiger partial charge in [-0.2, -0.15) is 4.39 Å². The lowest BCUT2D eigenvalue weighted by atomic mass is 10.1. The molecule has 1 aromatic carbocycles. The maximum absolute atomic E-state index is 13.9. The van der Waals surface area contributed by atoms with Crippen molar-refractivity contribution in [3.05, 3.63) is 39.7 Å². The second kappa shape index (κ2) is 7.16. The van der Waals surface area contributed by atoms with Crippen molar-refractivity contribution in [3.8, 4) is 0 Å². The topological polar surface area (TPSA) is 49.6 Å². The van der Waals surface area contributed by atoms with E-state index in [0.717, 1.165) is 19.5 Å². The zero-order chi connectivity index (χ0) is 14.4. The summed E-state index contributed by atoms with van der Waals surface area (Å²) in [5, 5.41) is 10.7. The summed E-state index contributed by atoms with van der Waals surface area (Å²) in [7, 11) is 5.88. The Morgan fingerprint density at radius 1 is 1.26 bits per heavy atom. The molecule has 0 aliphatic rings. The molecule has 0 bridgehead atoms. The van der Waals surface area contributed by atoms with E-state index in [9.17, 15) is 14.5 Å². The fourth-order valence-electron chi connectivity index (χ4n) is 1.86. The number of hydrogen-bond acceptors (Lipinski definition) is 4. The van der Waals surface area contributed by atoms with Gasteiger partial charge in [0.1, 0.15) is 0 Å². The summed E-state index contributed by atoms with van der Waals surface area (Å²) in [5.74, 6) is -0.730. The van der Waals surface area contributed by atoms with E-state index in [-0.39, 0.29) is 0 Å². The van der Waals surface area contributed by atoms with Crippen molar-refractivity contribution < 1.29 is 9.31 Å². The van der Waals surface area contributed by atoms with Gasteiger partial charge in [0.2, 0.25) is 5.82 Å². The minimum Gasteiger partial charge on any atom is -0.309 e. The van der Waals surface area contributed by atoms with Gasteiger partial charge in [-0.05, 0) is 40.7 Å². The van der Waals surface area contributed by atoms with Gasteiger partial charge in [0.05, 0.1) is 4.92 Å². The Bertz CT molecular complexity index is 438. The zero-order valence-corrected chi connectivity index (χ0v) is 11.6. The molecule has 0 aromatic heterocycles. The molecule has 0 amide bonds. The van der Waals surface area contributed by atoms with Crippen LogP contribution in [0.25, 0.3) is 0 Å². The Morgan fingerprint density at radius 2 is 1.95 bits per heavy atom. The van der Waals surface area contributed by atoms with Crippen molar-refractivity contribution in [3.63, 3.8) is 0 Å². The van der Waals surface area contributed by atoms with Gasteiger partial charge >= 0.3 is 5.69 Å². The Hall–Kier alpha value is -1.53. The maximum atomic E-state index is 13.9. The number of benzene rings is 1. The maximum Gasteiger partial charge on any atom is 0.305 e. The lowest BCUT2D eigenvalue weighted by Crippen LogP contribution is -2.23. The van der Waals surface area contributed by atoms with E-state index in [2.05, 4.69) is 4.90 Å². The lowest BCUT2D eigenvalue weighted by molar-refractivity contribution is -0.387. The lowest BCUT2D eigenvalue weighted by Gasteiger charge is -2.18. The summed E-state index contributed by atoms with van der Waals surface area (Å²) in [4.78, 5) is 14.0. The quantitative estimate of drug-likeness (QED) is 0.562. The molecule has 0 atom stereocenters. The molecule has 0 spiro atoms. The molecule has 0 radical (unpaired) electrons. The second-order valence-corrected chi connectivity index (χ2v) is 4.90. The van der Waals surface area contributed by atoms with Crippen molar-refractivity contribution in [2.75, 3.05) is 34.2 Å². The summed E-state index contributed by atoms with van der Waals surface area (Å²) in [6.45, 7) is 2.16. The van der Waals surface area contributed by atoms with Crippen LogP contribution in [0.15, 0.2) is 18.2 Å². The van der Waals surface area contributed by atoms with Crippen LogP contribution in [-0.4, -0.2) is 49.0 Å². The average Bonchev–Trinajstić information content (AvgIpc) is 2.31. The van der Waals surface area contributed by atoms with Crippen molar-refractivity contribution in [1.29, 1.82) is 0 Å². The van der Waals surface area contributed by atoms with Gasteiger partial charge in [-0.15, -0.1) is 0 Å². The minimum absolute atomic E-state index is 0.363. The third-order valence-corrected chi connectivity index (χ3v) is 2.84. The standard InChI is InChI=1S/C13H20FN3O2/c1-15(2)8-5-9-16(3)10-11-6-4-7-12(13(11)14)17(18)19/h4,6-7H,5,8-10H2,1-3H3. The molecule has 0 saturated carbocycles. The van der Waals surface area contributed by atoms with Gasteiger partial charge in [-0.3, -0.25) is 10.1 Å². The summed E-state index contributed by atoms with van der Waals surface area (Å²) in [6.07, 6.45) is 0.972. The highest BCUT2D eigenvalue weighted by molar-refractivity contribution is 5.36. The van der Waals surface area contributed by atoms with Crippen molar-refractivity contribution >= 4 is 5.69 Å². The Morgan fingerprint density at radius 3 is 2.53 bits per heavy atom. The summed E-state index contributed by atoms with van der Waals surface area (Å²) < 4.78 is 13.9. The molecule has 106 valence electrons. The molecular formula is C13H20FN3O2. The molecule has 0 heterocycles. The van der Waals surface area contributed by atoms with Crippen LogP contribution in [0.5, 0.6) is 0 Å². The van der Waals surface area contributed by atoms with Gasteiger partial charge < -0.3 is 9.80 Å². The monoisotopic (exact) mass is 269 g/mol.